The number of methoxy groups -OCH3 is 1. The predicted octanol–water partition coefficient (Wildman–Crippen LogP) is -0.443. The van der Waals surface area contributed by atoms with E-state index in [4.69, 9.17) is 14.6 Å². The Morgan fingerprint density at radius 1 is 1.53 bits per heavy atom. The van der Waals surface area contributed by atoms with Crippen molar-refractivity contribution in [2.75, 3.05) is 20.3 Å². The summed E-state index contributed by atoms with van der Waals surface area (Å²) >= 11 is 0. The van der Waals surface area contributed by atoms with Crippen molar-refractivity contribution in [2.24, 2.45) is 5.92 Å². The maximum atomic E-state index is 10.7. The molecule has 0 aliphatic carbocycles. The van der Waals surface area contributed by atoms with E-state index in [1.807, 2.05) is 0 Å². The van der Waals surface area contributed by atoms with Gasteiger partial charge in [-0.25, -0.2) is 4.68 Å². The molecule has 96 valence electrons. The van der Waals surface area contributed by atoms with Crippen molar-refractivity contribution in [1.82, 2.24) is 20.2 Å². The quantitative estimate of drug-likeness (QED) is 0.618. The summed E-state index contributed by atoms with van der Waals surface area (Å²) in [6.45, 7) is 3.00. The highest BCUT2D eigenvalue weighted by molar-refractivity contribution is 5.69. The first-order valence-electron chi connectivity index (χ1n) is 5.19. The SMILES string of the molecule is COCCOCc1nnnn1CC(C)C(=O)O. The van der Waals surface area contributed by atoms with E-state index >= 15 is 0 Å². The van der Waals surface area contributed by atoms with Crippen LogP contribution in [0.2, 0.25) is 0 Å². The van der Waals surface area contributed by atoms with Gasteiger partial charge < -0.3 is 14.6 Å². The first kappa shape index (κ1) is 13.5. The molecular formula is C9H16N4O4. The number of carboxylic acids is 1. The summed E-state index contributed by atoms with van der Waals surface area (Å²) in [6, 6.07) is 0. The molecule has 1 rings (SSSR count). The predicted molar refractivity (Wildman–Crippen MR) is 56.1 cm³/mol. The number of carboxylic acid groups (broad SMARTS) is 1. The molecule has 0 radical (unpaired) electrons. The van der Waals surface area contributed by atoms with Crippen molar-refractivity contribution in [3.63, 3.8) is 0 Å². The number of aliphatic carboxylic acids is 1. The maximum absolute atomic E-state index is 10.7. The van der Waals surface area contributed by atoms with Crippen LogP contribution in [-0.2, 0) is 27.4 Å². The van der Waals surface area contributed by atoms with E-state index in [1.165, 1.54) is 4.68 Å². The molecular weight excluding hydrogens is 228 g/mol. The molecule has 1 aromatic rings. The lowest BCUT2D eigenvalue weighted by Crippen LogP contribution is -2.19. The van der Waals surface area contributed by atoms with Gasteiger partial charge in [-0.1, -0.05) is 6.92 Å². The Labute approximate surface area is 98.5 Å². The van der Waals surface area contributed by atoms with E-state index in [0.717, 1.165) is 0 Å². The van der Waals surface area contributed by atoms with Crippen molar-refractivity contribution in [1.29, 1.82) is 0 Å². The van der Waals surface area contributed by atoms with Crippen LogP contribution in [0.3, 0.4) is 0 Å². The Hall–Kier alpha value is -1.54. The third kappa shape index (κ3) is 4.45. The van der Waals surface area contributed by atoms with Crippen LogP contribution in [0.15, 0.2) is 0 Å². The van der Waals surface area contributed by atoms with Gasteiger partial charge in [0, 0.05) is 7.11 Å². The first-order valence-corrected chi connectivity index (χ1v) is 5.19. The lowest BCUT2D eigenvalue weighted by Gasteiger charge is -2.08. The molecule has 1 atom stereocenters. The van der Waals surface area contributed by atoms with Gasteiger partial charge in [0.15, 0.2) is 5.82 Å². The third-order valence-electron chi connectivity index (χ3n) is 2.14. The number of nitrogens with zero attached hydrogens (tertiary/aromatic N) is 4. The van der Waals surface area contributed by atoms with Gasteiger partial charge in [0.2, 0.25) is 0 Å². The highest BCUT2D eigenvalue weighted by atomic mass is 16.5. The van der Waals surface area contributed by atoms with E-state index < -0.39 is 11.9 Å². The minimum Gasteiger partial charge on any atom is -0.481 e. The van der Waals surface area contributed by atoms with E-state index in [1.54, 1.807) is 14.0 Å². The molecule has 0 bridgehead atoms. The summed E-state index contributed by atoms with van der Waals surface area (Å²) in [7, 11) is 1.59. The molecule has 17 heavy (non-hydrogen) atoms. The van der Waals surface area contributed by atoms with Crippen LogP contribution in [0, 0.1) is 5.92 Å². The van der Waals surface area contributed by atoms with Crippen LogP contribution in [0.5, 0.6) is 0 Å². The molecule has 0 aliphatic rings. The molecule has 0 saturated carbocycles. The molecule has 0 aromatic carbocycles. The molecule has 0 spiro atoms. The molecule has 1 unspecified atom stereocenters. The van der Waals surface area contributed by atoms with Gasteiger partial charge in [-0.05, 0) is 10.4 Å². The molecule has 0 fully saturated rings. The lowest BCUT2D eigenvalue weighted by molar-refractivity contribution is -0.141. The summed E-state index contributed by atoms with van der Waals surface area (Å²) in [4.78, 5) is 10.7. The summed E-state index contributed by atoms with van der Waals surface area (Å²) < 4.78 is 11.5. The third-order valence-corrected chi connectivity index (χ3v) is 2.14. The zero-order valence-electron chi connectivity index (χ0n) is 9.87. The second-order valence-electron chi connectivity index (χ2n) is 3.56. The fourth-order valence-corrected chi connectivity index (χ4v) is 1.11. The van der Waals surface area contributed by atoms with Gasteiger partial charge in [-0.3, -0.25) is 4.79 Å². The van der Waals surface area contributed by atoms with Gasteiger partial charge >= 0.3 is 5.97 Å². The highest BCUT2D eigenvalue weighted by Crippen LogP contribution is 2.02. The van der Waals surface area contributed by atoms with E-state index in [2.05, 4.69) is 15.5 Å². The number of hydrogen-bond acceptors (Lipinski definition) is 6. The molecule has 1 N–H and O–H groups in total. The van der Waals surface area contributed by atoms with Crippen LogP contribution in [0.25, 0.3) is 0 Å². The van der Waals surface area contributed by atoms with Gasteiger partial charge in [0.05, 0.1) is 25.7 Å². The van der Waals surface area contributed by atoms with Crippen LogP contribution >= 0.6 is 0 Å². The molecule has 1 heterocycles. The second-order valence-corrected chi connectivity index (χ2v) is 3.56. The summed E-state index contributed by atoms with van der Waals surface area (Å²) in [5.41, 5.74) is 0. The average molecular weight is 244 g/mol. The van der Waals surface area contributed by atoms with Crippen molar-refractivity contribution < 1.29 is 19.4 Å². The smallest absolute Gasteiger partial charge is 0.308 e. The number of aromatic nitrogens is 4. The van der Waals surface area contributed by atoms with Crippen molar-refractivity contribution >= 4 is 5.97 Å². The number of carbonyl (C=O) groups is 1. The van der Waals surface area contributed by atoms with E-state index in [9.17, 15) is 4.79 Å². The Morgan fingerprint density at radius 2 is 2.29 bits per heavy atom. The van der Waals surface area contributed by atoms with Gasteiger partial charge in [-0.2, -0.15) is 0 Å². The Bertz CT molecular complexity index is 355. The molecule has 1 aromatic heterocycles. The van der Waals surface area contributed by atoms with Crippen molar-refractivity contribution in [3.05, 3.63) is 5.82 Å². The normalized spacial score (nSPS) is 12.6. The number of rotatable bonds is 8. The van der Waals surface area contributed by atoms with E-state index in [-0.39, 0.29) is 13.2 Å². The van der Waals surface area contributed by atoms with Gasteiger partial charge in [-0.15, -0.1) is 5.10 Å². The largest absolute Gasteiger partial charge is 0.481 e. The van der Waals surface area contributed by atoms with Crippen molar-refractivity contribution in [2.45, 2.75) is 20.1 Å². The van der Waals surface area contributed by atoms with E-state index in [0.29, 0.717) is 19.0 Å². The molecule has 8 nitrogen and oxygen atoms in total. The van der Waals surface area contributed by atoms with Gasteiger partial charge in [0.1, 0.15) is 6.61 Å². The monoisotopic (exact) mass is 244 g/mol. The standard InChI is InChI=1S/C9H16N4O4/c1-7(9(14)15)5-13-8(10-11-12-13)6-17-4-3-16-2/h7H,3-6H2,1-2H3,(H,14,15). The number of tetrazole rings is 1. The fourth-order valence-electron chi connectivity index (χ4n) is 1.11. The topological polar surface area (TPSA) is 99.4 Å². The number of ether oxygens (including phenoxy) is 2. The van der Waals surface area contributed by atoms with Crippen molar-refractivity contribution in [3.8, 4) is 0 Å². The first-order chi connectivity index (χ1) is 8.15. The maximum Gasteiger partial charge on any atom is 0.308 e. The molecule has 0 amide bonds. The molecule has 0 aliphatic heterocycles. The Balaban J connectivity index is 2.45. The minimum absolute atomic E-state index is 0.227. The minimum atomic E-state index is -0.883. The Kier molecular flexibility index (Phi) is 5.50. The van der Waals surface area contributed by atoms with Crippen LogP contribution < -0.4 is 0 Å². The Morgan fingerprint density at radius 3 is 2.94 bits per heavy atom. The fraction of sp³-hybridized carbons (Fsp3) is 0.778. The van der Waals surface area contributed by atoms with Crippen LogP contribution in [-0.4, -0.2) is 51.6 Å². The molecule has 0 saturated heterocycles. The highest BCUT2D eigenvalue weighted by Gasteiger charge is 2.15. The van der Waals surface area contributed by atoms with Gasteiger partial charge in [0.25, 0.3) is 0 Å². The number of hydrogen-bond donors (Lipinski definition) is 1. The zero-order valence-corrected chi connectivity index (χ0v) is 9.87. The summed E-state index contributed by atoms with van der Waals surface area (Å²) in [5.74, 6) is -0.919. The van der Waals surface area contributed by atoms with Crippen LogP contribution in [0.1, 0.15) is 12.7 Å². The summed E-state index contributed by atoms with van der Waals surface area (Å²) in [6.07, 6.45) is 0. The molecule has 8 heteroatoms. The lowest BCUT2D eigenvalue weighted by atomic mass is 10.2. The summed E-state index contributed by atoms with van der Waals surface area (Å²) in [5, 5.41) is 19.8. The zero-order chi connectivity index (χ0) is 12.7. The second kappa shape index (κ2) is 6.92. The average Bonchev–Trinajstić information content (AvgIpc) is 2.72. The van der Waals surface area contributed by atoms with Crippen LogP contribution in [0.4, 0.5) is 0 Å².